The van der Waals surface area contributed by atoms with E-state index in [-0.39, 0.29) is 0 Å². The number of rotatable bonds is 2. The van der Waals surface area contributed by atoms with Crippen LogP contribution in [0.3, 0.4) is 0 Å². The van der Waals surface area contributed by atoms with Crippen LogP contribution >= 0.6 is 11.8 Å². The number of H-pyrrole nitrogens is 1. The number of benzene rings is 7. The molecule has 0 fully saturated rings. The number of nitrogens with zero attached hydrogens (tertiary/aromatic N) is 1. The van der Waals surface area contributed by atoms with Gasteiger partial charge in [0.15, 0.2) is 0 Å². The van der Waals surface area contributed by atoms with E-state index in [1.54, 1.807) is 0 Å². The molecule has 200 valence electrons. The third-order valence-electron chi connectivity index (χ3n) is 9.11. The molecular weight excluding hydrogens is 541 g/mol. The van der Waals surface area contributed by atoms with Gasteiger partial charge in [-0.2, -0.15) is 0 Å². The van der Waals surface area contributed by atoms with Gasteiger partial charge in [0, 0.05) is 53.4 Å². The van der Waals surface area contributed by atoms with Gasteiger partial charge in [0.25, 0.3) is 0 Å². The zero-order valence-corrected chi connectivity index (χ0v) is 24.0. The molecule has 3 heterocycles. The van der Waals surface area contributed by atoms with Crippen molar-refractivity contribution in [2.45, 2.75) is 9.79 Å². The lowest BCUT2D eigenvalue weighted by Gasteiger charge is -2.21. The van der Waals surface area contributed by atoms with Gasteiger partial charge in [-0.3, -0.25) is 0 Å². The Bertz CT molecular complexity index is 2590. The number of fused-ring (bicyclic) bond motifs is 9. The maximum Gasteiger partial charge on any atom is 0.0558 e. The third kappa shape index (κ3) is 3.20. The Kier molecular flexibility index (Phi) is 4.68. The summed E-state index contributed by atoms with van der Waals surface area (Å²) in [6, 6.07) is 51.1. The Morgan fingerprint density at radius 1 is 0.442 bits per heavy atom. The summed E-state index contributed by atoms with van der Waals surface area (Å²) in [6.07, 6.45) is 0. The minimum absolute atomic E-state index is 1.17. The second kappa shape index (κ2) is 8.64. The monoisotopic (exact) mass is 564 g/mol. The van der Waals surface area contributed by atoms with Crippen molar-refractivity contribution < 1.29 is 0 Å². The highest BCUT2D eigenvalue weighted by molar-refractivity contribution is 7.99. The highest BCUT2D eigenvalue weighted by Crippen LogP contribution is 2.51. The molecule has 0 spiro atoms. The molecule has 1 N–H and O–H groups in total. The van der Waals surface area contributed by atoms with Gasteiger partial charge in [-0.25, -0.2) is 0 Å². The fourth-order valence-electron chi connectivity index (χ4n) is 7.32. The minimum Gasteiger partial charge on any atom is -0.354 e. The Hall–Kier alpha value is -5.25. The van der Waals surface area contributed by atoms with Crippen LogP contribution in [0.25, 0.3) is 82.3 Å². The standard InChI is InChI=1S/C40H24N2S/c1-2-10-25(11-3-1)42-34-22-24(26-14-9-18-33-38(26)29-13-4-6-17-32(29)41-33)20-21-30(34)39-31-16-8-15-28-27-12-5-7-19-36(27)43-37(40(28)31)23-35(39)42/h1-23,41H. The molecular formula is C40H24N2S. The largest absolute Gasteiger partial charge is 0.354 e. The topological polar surface area (TPSA) is 20.7 Å². The Balaban J connectivity index is 1.34. The first kappa shape index (κ1) is 23.3. The van der Waals surface area contributed by atoms with Crippen LogP contribution in [0.1, 0.15) is 0 Å². The zero-order chi connectivity index (χ0) is 28.1. The third-order valence-corrected chi connectivity index (χ3v) is 10.2. The predicted octanol–water partition coefficient (Wildman–Crippen LogP) is 11.4. The Morgan fingerprint density at radius 3 is 2.14 bits per heavy atom. The van der Waals surface area contributed by atoms with E-state index in [9.17, 15) is 0 Å². The minimum atomic E-state index is 1.17. The van der Waals surface area contributed by atoms with Gasteiger partial charge in [-0.15, -0.1) is 0 Å². The Morgan fingerprint density at radius 2 is 1.19 bits per heavy atom. The molecule has 9 aromatic rings. The summed E-state index contributed by atoms with van der Waals surface area (Å²) in [5.74, 6) is 0. The smallest absolute Gasteiger partial charge is 0.0558 e. The van der Waals surface area contributed by atoms with E-state index in [1.165, 1.54) is 92.1 Å². The molecule has 0 atom stereocenters. The summed E-state index contributed by atoms with van der Waals surface area (Å²) in [5.41, 5.74) is 11.1. The van der Waals surface area contributed by atoms with Crippen LogP contribution in [0.2, 0.25) is 0 Å². The molecule has 0 aliphatic carbocycles. The molecule has 0 saturated heterocycles. The lowest BCUT2D eigenvalue weighted by atomic mass is 9.94. The van der Waals surface area contributed by atoms with Crippen LogP contribution < -0.4 is 0 Å². The van der Waals surface area contributed by atoms with Crippen LogP contribution in [-0.4, -0.2) is 9.55 Å². The molecule has 7 aromatic carbocycles. The fourth-order valence-corrected chi connectivity index (χ4v) is 8.48. The zero-order valence-electron chi connectivity index (χ0n) is 23.1. The predicted molar refractivity (Wildman–Crippen MR) is 183 cm³/mol. The SMILES string of the molecule is c1ccc(-n2c3cc(-c4cccc5[nH]c6ccccc6c45)ccc3c3c4cccc5c4c(cc32)Sc2ccccc2-5)cc1. The van der Waals surface area contributed by atoms with Crippen LogP contribution in [0.5, 0.6) is 0 Å². The molecule has 3 heteroatoms. The van der Waals surface area contributed by atoms with E-state index in [0.717, 1.165) is 0 Å². The summed E-state index contributed by atoms with van der Waals surface area (Å²) in [6.45, 7) is 0. The van der Waals surface area contributed by atoms with Crippen LogP contribution in [0.15, 0.2) is 149 Å². The van der Waals surface area contributed by atoms with E-state index in [2.05, 4.69) is 149 Å². The van der Waals surface area contributed by atoms with Gasteiger partial charge in [-0.1, -0.05) is 109 Å². The van der Waals surface area contributed by atoms with Crippen molar-refractivity contribution in [1.29, 1.82) is 0 Å². The van der Waals surface area contributed by atoms with E-state index in [1.807, 2.05) is 11.8 Å². The molecule has 0 amide bonds. The number of hydrogen-bond acceptors (Lipinski definition) is 1. The summed E-state index contributed by atoms with van der Waals surface area (Å²) < 4.78 is 2.47. The highest BCUT2D eigenvalue weighted by Gasteiger charge is 2.24. The molecule has 2 nitrogen and oxygen atoms in total. The van der Waals surface area contributed by atoms with Crippen molar-refractivity contribution in [2.24, 2.45) is 0 Å². The summed E-state index contributed by atoms with van der Waals surface area (Å²) in [4.78, 5) is 6.27. The van der Waals surface area contributed by atoms with E-state index < -0.39 is 0 Å². The van der Waals surface area contributed by atoms with Gasteiger partial charge >= 0.3 is 0 Å². The van der Waals surface area contributed by atoms with E-state index >= 15 is 0 Å². The molecule has 1 aliphatic rings. The van der Waals surface area contributed by atoms with Crippen LogP contribution in [0.4, 0.5) is 0 Å². The van der Waals surface area contributed by atoms with Gasteiger partial charge in [0.1, 0.15) is 0 Å². The van der Waals surface area contributed by atoms with Gasteiger partial charge < -0.3 is 9.55 Å². The maximum atomic E-state index is 3.63. The van der Waals surface area contributed by atoms with E-state index in [4.69, 9.17) is 0 Å². The van der Waals surface area contributed by atoms with Crippen molar-refractivity contribution in [1.82, 2.24) is 9.55 Å². The lowest BCUT2D eigenvalue weighted by Crippen LogP contribution is -1.96. The van der Waals surface area contributed by atoms with Crippen molar-refractivity contribution in [3.05, 3.63) is 140 Å². The molecule has 1 aliphatic heterocycles. The Labute approximate surface area is 252 Å². The van der Waals surface area contributed by atoms with Crippen molar-refractivity contribution in [2.75, 3.05) is 0 Å². The first-order valence-electron chi connectivity index (χ1n) is 14.7. The number of aromatic nitrogens is 2. The summed E-state index contributed by atoms with van der Waals surface area (Å²) in [5, 5.41) is 7.81. The van der Waals surface area contributed by atoms with Crippen molar-refractivity contribution in [3.63, 3.8) is 0 Å². The first-order chi connectivity index (χ1) is 21.3. The molecule has 10 rings (SSSR count). The van der Waals surface area contributed by atoms with Gasteiger partial charge in [0.2, 0.25) is 0 Å². The van der Waals surface area contributed by atoms with Crippen molar-refractivity contribution in [3.8, 4) is 27.9 Å². The van der Waals surface area contributed by atoms with Crippen molar-refractivity contribution >= 4 is 66.1 Å². The first-order valence-corrected chi connectivity index (χ1v) is 15.5. The summed E-state index contributed by atoms with van der Waals surface area (Å²) >= 11 is 1.89. The fraction of sp³-hybridized carbons (Fsp3) is 0. The molecule has 0 saturated carbocycles. The second-order valence-electron chi connectivity index (χ2n) is 11.4. The number of hydrogen-bond donors (Lipinski definition) is 1. The molecule has 2 aromatic heterocycles. The normalized spacial score (nSPS) is 12.6. The second-order valence-corrected chi connectivity index (χ2v) is 12.5. The maximum absolute atomic E-state index is 3.63. The average Bonchev–Trinajstić information content (AvgIpc) is 3.60. The average molecular weight is 565 g/mol. The van der Waals surface area contributed by atoms with Gasteiger partial charge in [-0.05, 0) is 70.1 Å². The number of aromatic amines is 1. The highest BCUT2D eigenvalue weighted by atomic mass is 32.2. The molecule has 0 unspecified atom stereocenters. The molecule has 0 radical (unpaired) electrons. The quantitative estimate of drug-likeness (QED) is 0.221. The van der Waals surface area contributed by atoms with Crippen LogP contribution in [0, 0.1) is 0 Å². The number of para-hydroxylation sites is 2. The van der Waals surface area contributed by atoms with Gasteiger partial charge in [0.05, 0.1) is 11.0 Å². The molecule has 0 bridgehead atoms. The van der Waals surface area contributed by atoms with Crippen LogP contribution in [-0.2, 0) is 0 Å². The summed E-state index contributed by atoms with van der Waals surface area (Å²) in [7, 11) is 0. The number of nitrogens with one attached hydrogen (secondary N) is 1. The van der Waals surface area contributed by atoms with E-state index in [0.29, 0.717) is 0 Å². The lowest BCUT2D eigenvalue weighted by molar-refractivity contribution is 1.18. The molecule has 43 heavy (non-hydrogen) atoms.